The van der Waals surface area contributed by atoms with Gasteiger partial charge in [-0.2, -0.15) is 13.2 Å². The minimum absolute atomic E-state index is 0.597. The Hall–Kier alpha value is -1.23. The maximum atomic E-state index is 12.5. The lowest BCUT2D eigenvalue weighted by atomic mass is 10.1. The standard InChI is InChI=1S/C12H17F3N2/c1-9-8-10(12(13,14)15)4-5-11(9)17(3)7-6-16-2/h4-5,8,16H,6-7H2,1-3H3. The second kappa shape index (κ2) is 5.40. The molecule has 0 fully saturated rings. The minimum Gasteiger partial charge on any atom is -0.373 e. The molecule has 0 heterocycles. The van der Waals surface area contributed by atoms with E-state index < -0.39 is 11.7 Å². The average Bonchev–Trinajstić information content (AvgIpc) is 2.24. The number of aryl methyl sites for hydroxylation is 1. The highest BCUT2D eigenvalue weighted by molar-refractivity contribution is 5.54. The Kier molecular flexibility index (Phi) is 4.40. The van der Waals surface area contributed by atoms with Gasteiger partial charge in [-0.25, -0.2) is 0 Å². The summed E-state index contributed by atoms with van der Waals surface area (Å²) in [6.07, 6.45) is -4.27. The Morgan fingerprint density at radius 1 is 1.29 bits per heavy atom. The SMILES string of the molecule is CNCCN(C)c1ccc(C(F)(F)F)cc1C. The number of hydrogen-bond acceptors (Lipinski definition) is 2. The van der Waals surface area contributed by atoms with Gasteiger partial charge in [0.1, 0.15) is 0 Å². The topological polar surface area (TPSA) is 15.3 Å². The van der Waals surface area contributed by atoms with Crippen LogP contribution in [0.3, 0.4) is 0 Å². The summed E-state index contributed by atoms with van der Waals surface area (Å²) in [7, 11) is 3.71. The van der Waals surface area contributed by atoms with Crippen molar-refractivity contribution in [3.63, 3.8) is 0 Å². The Bertz CT molecular complexity index is 375. The van der Waals surface area contributed by atoms with Crippen LogP contribution in [0.15, 0.2) is 18.2 Å². The number of alkyl halides is 3. The predicted molar refractivity (Wildman–Crippen MR) is 63.4 cm³/mol. The molecule has 96 valence electrons. The number of likely N-dealkylation sites (N-methyl/N-ethyl adjacent to an activating group) is 2. The first-order valence-electron chi connectivity index (χ1n) is 5.40. The van der Waals surface area contributed by atoms with Crippen LogP contribution in [0, 0.1) is 6.92 Å². The zero-order valence-corrected chi connectivity index (χ0v) is 10.2. The summed E-state index contributed by atoms with van der Waals surface area (Å²) in [5.41, 5.74) is 0.868. The maximum absolute atomic E-state index is 12.5. The van der Waals surface area contributed by atoms with Gasteiger partial charge in [0.25, 0.3) is 0 Å². The average molecular weight is 246 g/mol. The predicted octanol–water partition coefficient (Wildman–Crippen LogP) is 2.67. The lowest BCUT2D eigenvalue weighted by molar-refractivity contribution is -0.137. The molecule has 0 aromatic heterocycles. The smallest absolute Gasteiger partial charge is 0.373 e. The van der Waals surface area contributed by atoms with Gasteiger partial charge in [-0.15, -0.1) is 0 Å². The van der Waals surface area contributed by atoms with Gasteiger partial charge in [-0.05, 0) is 37.7 Å². The van der Waals surface area contributed by atoms with Crippen molar-refractivity contribution >= 4 is 5.69 Å². The molecule has 0 spiro atoms. The fourth-order valence-electron chi connectivity index (χ4n) is 1.66. The summed E-state index contributed by atoms with van der Waals surface area (Å²) in [5, 5.41) is 3.00. The molecule has 1 N–H and O–H groups in total. The van der Waals surface area contributed by atoms with Crippen molar-refractivity contribution in [1.82, 2.24) is 5.32 Å². The summed E-state index contributed by atoms with van der Waals surface area (Å²) >= 11 is 0. The summed E-state index contributed by atoms with van der Waals surface area (Å²) < 4.78 is 37.4. The summed E-state index contributed by atoms with van der Waals surface area (Å²) in [5.74, 6) is 0. The van der Waals surface area contributed by atoms with Crippen LogP contribution >= 0.6 is 0 Å². The lowest BCUT2D eigenvalue weighted by Gasteiger charge is -2.22. The molecule has 0 aliphatic carbocycles. The third-order valence-electron chi connectivity index (χ3n) is 2.63. The Morgan fingerprint density at radius 2 is 1.94 bits per heavy atom. The first-order valence-corrected chi connectivity index (χ1v) is 5.40. The minimum atomic E-state index is -4.27. The molecule has 1 rings (SSSR count). The first-order chi connectivity index (χ1) is 7.86. The molecule has 0 aliphatic heterocycles. The molecule has 0 saturated carbocycles. The molecule has 1 aromatic carbocycles. The van der Waals surface area contributed by atoms with E-state index in [1.165, 1.54) is 12.1 Å². The van der Waals surface area contributed by atoms with Crippen LogP contribution < -0.4 is 10.2 Å². The van der Waals surface area contributed by atoms with Crippen LogP contribution in [0.4, 0.5) is 18.9 Å². The van der Waals surface area contributed by atoms with E-state index in [1.54, 1.807) is 6.92 Å². The molecule has 1 aromatic rings. The van der Waals surface area contributed by atoms with Crippen molar-refractivity contribution in [2.75, 3.05) is 32.1 Å². The van der Waals surface area contributed by atoms with E-state index in [1.807, 2.05) is 19.0 Å². The Balaban J connectivity index is 2.90. The van der Waals surface area contributed by atoms with Gasteiger partial charge < -0.3 is 10.2 Å². The molecular weight excluding hydrogens is 229 g/mol. The van der Waals surface area contributed by atoms with Crippen LogP contribution in [0.25, 0.3) is 0 Å². The number of nitrogens with zero attached hydrogens (tertiary/aromatic N) is 1. The second-order valence-electron chi connectivity index (χ2n) is 4.02. The van der Waals surface area contributed by atoms with Gasteiger partial charge in [0.2, 0.25) is 0 Å². The number of hydrogen-bond donors (Lipinski definition) is 1. The Labute approximate surface area is 99.4 Å². The largest absolute Gasteiger partial charge is 0.416 e. The van der Waals surface area contributed by atoms with Crippen LogP contribution in [-0.4, -0.2) is 27.2 Å². The second-order valence-corrected chi connectivity index (χ2v) is 4.02. The van der Waals surface area contributed by atoms with Crippen LogP contribution in [-0.2, 0) is 6.18 Å². The number of anilines is 1. The van der Waals surface area contributed by atoms with Gasteiger partial charge in [-0.3, -0.25) is 0 Å². The Morgan fingerprint density at radius 3 is 2.41 bits per heavy atom. The molecule has 17 heavy (non-hydrogen) atoms. The van der Waals surface area contributed by atoms with E-state index in [2.05, 4.69) is 5.32 Å². The normalized spacial score (nSPS) is 11.6. The summed E-state index contributed by atoms with van der Waals surface area (Å²) in [6.45, 7) is 3.24. The third kappa shape index (κ3) is 3.63. The van der Waals surface area contributed by atoms with E-state index in [0.717, 1.165) is 24.8 Å². The zero-order chi connectivity index (χ0) is 13.1. The van der Waals surface area contributed by atoms with Crippen molar-refractivity contribution in [1.29, 1.82) is 0 Å². The van der Waals surface area contributed by atoms with Gasteiger partial charge in [0.05, 0.1) is 5.56 Å². The molecule has 0 amide bonds. The molecule has 0 atom stereocenters. The van der Waals surface area contributed by atoms with Gasteiger partial charge >= 0.3 is 6.18 Å². The van der Waals surface area contributed by atoms with Crippen LogP contribution in [0.5, 0.6) is 0 Å². The van der Waals surface area contributed by atoms with Crippen LogP contribution in [0.2, 0.25) is 0 Å². The van der Waals surface area contributed by atoms with Crippen molar-refractivity contribution in [2.45, 2.75) is 13.1 Å². The van der Waals surface area contributed by atoms with Gasteiger partial charge in [-0.1, -0.05) is 0 Å². The van der Waals surface area contributed by atoms with Crippen LogP contribution in [0.1, 0.15) is 11.1 Å². The highest BCUT2D eigenvalue weighted by atomic mass is 19.4. The lowest BCUT2D eigenvalue weighted by Crippen LogP contribution is -2.27. The summed E-state index contributed by atoms with van der Waals surface area (Å²) in [6, 6.07) is 3.83. The highest BCUT2D eigenvalue weighted by Crippen LogP contribution is 2.32. The van der Waals surface area contributed by atoms with Crippen molar-refractivity contribution in [2.24, 2.45) is 0 Å². The number of nitrogens with one attached hydrogen (secondary N) is 1. The molecule has 0 radical (unpaired) electrons. The number of halogens is 3. The van der Waals surface area contributed by atoms with Crippen molar-refractivity contribution in [3.8, 4) is 0 Å². The maximum Gasteiger partial charge on any atom is 0.416 e. The fraction of sp³-hybridized carbons (Fsp3) is 0.500. The van der Waals surface area contributed by atoms with Gasteiger partial charge in [0.15, 0.2) is 0 Å². The van der Waals surface area contributed by atoms with Crippen molar-refractivity contribution in [3.05, 3.63) is 29.3 Å². The van der Waals surface area contributed by atoms with E-state index in [-0.39, 0.29) is 0 Å². The molecular formula is C12H17F3N2. The monoisotopic (exact) mass is 246 g/mol. The molecule has 2 nitrogen and oxygen atoms in total. The van der Waals surface area contributed by atoms with E-state index in [4.69, 9.17) is 0 Å². The molecule has 5 heteroatoms. The molecule has 0 bridgehead atoms. The number of rotatable bonds is 4. The molecule has 0 aliphatic rings. The fourth-order valence-corrected chi connectivity index (χ4v) is 1.66. The zero-order valence-electron chi connectivity index (χ0n) is 10.2. The van der Waals surface area contributed by atoms with E-state index >= 15 is 0 Å². The van der Waals surface area contributed by atoms with Crippen molar-refractivity contribution < 1.29 is 13.2 Å². The third-order valence-corrected chi connectivity index (χ3v) is 2.63. The van der Waals surface area contributed by atoms with E-state index in [0.29, 0.717) is 5.56 Å². The quantitative estimate of drug-likeness (QED) is 0.878. The molecule has 0 saturated heterocycles. The first kappa shape index (κ1) is 13.8. The molecule has 0 unspecified atom stereocenters. The number of benzene rings is 1. The van der Waals surface area contributed by atoms with Gasteiger partial charge in [0, 0.05) is 25.8 Å². The highest BCUT2D eigenvalue weighted by Gasteiger charge is 2.30. The van der Waals surface area contributed by atoms with E-state index in [9.17, 15) is 13.2 Å². The summed E-state index contributed by atoms with van der Waals surface area (Å²) in [4.78, 5) is 1.94.